The van der Waals surface area contributed by atoms with Crippen molar-refractivity contribution in [3.8, 4) is 11.1 Å². The summed E-state index contributed by atoms with van der Waals surface area (Å²) in [6.45, 7) is 0.596. The Kier molecular flexibility index (Phi) is 3.86. The summed E-state index contributed by atoms with van der Waals surface area (Å²) in [5.74, 6) is 0. The van der Waals surface area contributed by atoms with E-state index in [9.17, 15) is 0 Å². The predicted octanol–water partition coefficient (Wildman–Crippen LogP) is 4.49. The largest absolute Gasteiger partial charge is 0.399 e. The maximum atomic E-state index is 6.18. The number of hydrogen-bond donors (Lipinski definition) is 1. The van der Waals surface area contributed by atoms with Gasteiger partial charge >= 0.3 is 0 Å². The number of nitrogens with zero attached hydrogens (tertiary/aromatic N) is 2. The van der Waals surface area contributed by atoms with Gasteiger partial charge in [-0.1, -0.05) is 41.4 Å². The van der Waals surface area contributed by atoms with Crippen LogP contribution in [-0.2, 0) is 6.54 Å². The van der Waals surface area contributed by atoms with Gasteiger partial charge in [0, 0.05) is 27.5 Å². The molecule has 1 heterocycles. The van der Waals surface area contributed by atoms with Crippen molar-refractivity contribution in [2.24, 2.45) is 0 Å². The van der Waals surface area contributed by atoms with Gasteiger partial charge in [0.15, 0.2) is 0 Å². The van der Waals surface area contributed by atoms with E-state index in [0.29, 0.717) is 16.6 Å². The molecule has 0 aliphatic carbocycles. The standard InChI is InChI=1S/C16H13Cl2N3/c17-14-5-4-12(16(18)7-14)9-21-10-13(8-20-21)11-2-1-3-15(19)6-11/h1-8,10H,9,19H2. The minimum absolute atomic E-state index is 0.596. The van der Waals surface area contributed by atoms with Crippen molar-refractivity contribution < 1.29 is 0 Å². The van der Waals surface area contributed by atoms with Crippen LogP contribution in [0.15, 0.2) is 54.9 Å². The van der Waals surface area contributed by atoms with Crippen LogP contribution in [0.5, 0.6) is 0 Å². The van der Waals surface area contributed by atoms with E-state index < -0.39 is 0 Å². The van der Waals surface area contributed by atoms with Gasteiger partial charge in [-0.2, -0.15) is 5.10 Å². The predicted molar refractivity (Wildman–Crippen MR) is 87.6 cm³/mol. The van der Waals surface area contributed by atoms with Crippen LogP contribution in [0, 0.1) is 0 Å². The quantitative estimate of drug-likeness (QED) is 0.723. The first-order chi connectivity index (χ1) is 10.1. The number of benzene rings is 2. The van der Waals surface area contributed by atoms with E-state index in [1.165, 1.54) is 0 Å². The number of nitrogen functional groups attached to an aromatic ring is 1. The summed E-state index contributed by atoms with van der Waals surface area (Å²) >= 11 is 12.1. The lowest BCUT2D eigenvalue weighted by atomic mass is 10.1. The highest BCUT2D eigenvalue weighted by molar-refractivity contribution is 6.35. The molecule has 0 atom stereocenters. The number of hydrogen-bond acceptors (Lipinski definition) is 2. The van der Waals surface area contributed by atoms with Crippen LogP contribution >= 0.6 is 23.2 Å². The van der Waals surface area contributed by atoms with E-state index in [0.717, 1.165) is 22.4 Å². The van der Waals surface area contributed by atoms with E-state index in [1.54, 1.807) is 6.07 Å². The van der Waals surface area contributed by atoms with Crippen LogP contribution in [0.25, 0.3) is 11.1 Å². The molecule has 0 fully saturated rings. The van der Waals surface area contributed by atoms with E-state index in [1.807, 2.05) is 53.5 Å². The van der Waals surface area contributed by atoms with Gasteiger partial charge in [-0.05, 0) is 35.4 Å². The molecule has 1 aromatic heterocycles. The molecule has 0 saturated heterocycles. The molecule has 0 bridgehead atoms. The molecule has 2 aromatic carbocycles. The molecular formula is C16H13Cl2N3. The van der Waals surface area contributed by atoms with Gasteiger partial charge in [-0.15, -0.1) is 0 Å². The van der Waals surface area contributed by atoms with E-state index in [2.05, 4.69) is 5.10 Å². The molecule has 0 aliphatic heterocycles. The van der Waals surface area contributed by atoms with Gasteiger partial charge in [-0.3, -0.25) is 4.68 Å². The fraction of sp³-hybridized carbons (Fsp3) is 0.0625. The first kappa shape index (κ1) is 14.0. The molecule has 3 aromatic rings. The van der Waals surface area contributed by atoms with Crippen molar-refractivity contribution in [2.45, 2.75) is 6.54 Å². The van der Waals surface area contributed by atoms with Crippen molar-refractivity contribution in [3.63, 3.8) is 0 Å². The Morgan fingerprint density at radius 1 is 1.05 bits per heavy atom. The third-order valence-corrected chi connectivity index (χ3v) is 3.79. The summed E-state index contributed by atoms with van der Waals surface area (Å²) in [6.07, 6.45) is 3.79. The second-order valence-corrected chi connectivity index (χ2v) is 5.63. The number of halogens is 2. The van der Waals surface area contributed by atoms with Gasteiger partial charge in [-0.25, -0.2) is 0 Å². The van der Waals surface area contributed by atoms with E-state index >= 15 is 0 Å². The Labute approximate surface area is 132 Å². The Morgan fingerprint density at radius 3 is 2.67 bits per heavy atom. The van der Waals surface area contributed by atoms with Gasteiger partial charge in [0.05, 0.1) is 12.7 Å². The lowest BCUT2D eigenvalue weighted by Crippen LogP contribution is -2.00. The highest BCUT2D eigenvalue weighted by Crippen LogP contribution is 2.24. The number of nitrogens with two attached hydrogens (primary N) is 1. The first-order valence-electron chi connectivity index (χ1n) is 6.44. The zero-order chi connectivity index (χ0) is 14.8. The SMILES string of the molecule is Nc1cccc(-c2cnn(Cc3ccc(Cl)cc3Cl)c2)c1. The van der Waals surface area contributed by atoms with Gasteiger partial charge in [0.25, 0.3) is 0 Å². The Morgan fingerprint density at radius 2 is 1.90 bits per heavy atom. The molecule has 5 heteroatoms. The van der Waals surface area contributed by atoms with Crippen molar-refractivity contribution in [3.05, 3.63) is 70.5 Å². The molecule has 0 spiro atoms. The van der Waals surface area contributed by atoms with Crippen molar-refractivity contribution in [1.82, 2.24) is 9.78 Å². The molecule has 0 amide bonds. The summed E-state index contributed by atoms with van der Waals surface area (Å²) in [6, 6.07) is 13.2. The molecule has 0 aliphatic rings. The van der Waals surface area contributed by atoms with Crippen molar-refractivity contribution in [2.75, 3.05) is 5.73 Å². The summed E-state index contributed by atoms with van der Waals surface area (Å²) in [7, 11) is 0. The Hall–Kier alpha value is -1.97. The average molecular weight is 318 g/mol. The van der Waals surface area contributed by atoms with Crippen LogP contribution in [0.1, 0.15) is 5.56 Å². The van der Waals surface area contributed by atoms with Crippen LogP contribution in [0.4, 0.5) is 5.69 Å². The lowest BCUT2D eigenvalue weighted by molar-refractivity contribution is 0.687. The monoisotopic (exact) mass is 317 g/mol. The molecule has 3 nitrogen and oxygen atoms in total. The molecule has 21 heavy (non-hydrogen) atoms. The number of anilines is 1. The van der Waals surface area contributed by atoms with Gasteiger partial charge in [0.2, 0.25) is 0 Å². The highest BCUT2D eigenvalue weighted by atomic mass is 35.5. The van der Waals surface area contributed by atoms with E-state index in [4.69, 9.17) is 28.9 Å². The summed E-state index contributed by atoms with van der Waals surface area (Å²) < 4.78 is 1.84. The smallest absolute Gasteiger partial charge is 0.0674 e. The Bertz CT molecular complexity index is 781. The minimum atomic E-state index is 0.596. The molecule has 0 saturated carbocycles. The molecule has 0 unspecified atom stereocenters. The van der Waals surface area contributed by atoms with Crippen LogP contribution in [0.3, 0.4) is 0 Å². The zero-order valence-corrected chi connectivity index (χ0v) is 12.6. The molecule has 3 rings (SSSR count). The molecule has 0 radical (unpaired) electrons. The minimum Gasteiger partial charge on any atom is -0.399 e. The second kappa shape index (κ2) is 5.80. The molecule has 106 valence electrons. The Balaban J connectivity index is 1.85. The highest BCUT2D eigenvalue weighted by Gasteiger charge is 2.06. The van der Waals surface area contributed by atoms with Crippen molar-refractivity contribution in [1.29, 1.82) is 0 Å². The summed E-state index contributed by atoms with van der Waals surface area (Å²) in [5, 5.41) is 5.64. The lowest BCUT2D eigenvalue weighted by Gasteiger charge is -2.05. The maximum absolute atomic E-state index is 6.18. The summed E-state index contributed by atoms with van der Waals surface area (Å²) in [4.78, 5) is 0. The van der Waals surface area contributed by atoms with Crippen molar-refractivity contribution >= 4 is 28.9 Å². The third kappa shape index (κ3) is 3.20. The maximum Gasteiger partial charge on any atom is 0.0674 e. The summed E-state index contributed by atoms with van der Waals surface area (Å²) in [5.41, 5.74) is 9.58. The van der Waals surface area contributed by atoms with Crippen LogP contribution in [0.2, 0.25) is 10.0 Å². The third-order valence-electron chi connectivity index (χ3n) is 3.20. The fourth-order valence-corrected chi connectivity index (χ4v) is 2.61. The number of rotatable bonds is 3. The van der Waals surface area contributed by atoms with Crippen LogP contribution in [-0.4, -0.2) is 9.78 Å². The average Bonchev–Trinajstić information content (AvgIpc) is 2.91. The molecule has 2 N–H and O–H groups in total. The van der Waals surface area contributed by atoms with Gasteiger partial charge < -0.3 is 5.73 Å². The number of aromatic nitrogens is 2. The van der Waals surface area contributed by atoms with Crippen LogP contribution < -0.4 is 5.73 Å². The zero-order valence-electron chi connectivity index (χ0n) is 11.1. The first-order valence-corrected chi connectivity index (χ1v) is 7.20. The van der Waals surface area contributed by atoms with Gasteiger partial charge in [0.1, 0.15) is 0 Å². The van der Waals surface area contributed by atoms with E-state index in [-0.39, 0.29) is 0 Å². The fourth-order valence-electron chi connectivity index (χ4n) is 2.14. The normalized spacial score (nSPS) is 10.8. The topological polar surface area (TPSA) is 43.8 Å². The molecular weight excluding hydrogens is 305 g/mol. The second-order valence-electron chi connectivity index (χ2n) is 4.79.